The number of piperidine rings is 1. The number of fused-ring (bicyclic) bond motifs is 1. The second kappa shape index (κ2) is 14.6. The van der Waals surface area contributed by atoms with E-state index in [2.05, 4.69) is 41.0 Å². The molecule has 1 saturated heterocycles. The lowest BCUT2D eigenvalue weighted by molar-refractivity contribution is -0.133. The molecule has 1 amide bonds. The first-order valence-electron chi connectivity index (χ1n) is 15.0. The van der Waals surface area contributed by atoms with Crippen molar-refractivity contribution in [3.63, 3.8) is 0 Å². The summed E-state index contributed by atoms with van der Waals surface area (Å²) in [4.78, 5) is 17.9. The highest BCUT2D eigenvalue weighted by Gasteiger charge is 2.37. The van der Waals surface area contributed by atoms with E-state index in [4.69, 9.17) is 14.2 Å². The molecule has 0 N–H and O–H groups in total. The topological polar surface area (TPSA) is 51.2 Å². The van der Waals surface area contributed by atoms with Gasteiger partial charge >= 0.3 is 0 Å². The maximum atomic E-state index is 13.2. The molecule has 0 radical (unpaired) electrons. The van der Waals surface area contributed by atoms with Gasteiger partial charge in [-0.25, -0.2) is 0 Å². The molecule has 2 aromatic carbocycles. The summed E-state index contributed by atoms with van der Waals surface area (Å²) in [5.41, 5.74) is 2.72. The van der Waals surface area contributed by atoms with Crippen molar-refractivity contribution in [1.29, 1.82) is 0 Å². The van der Waals surface area contributed by atoms with E-state index in [1.54, 1.807) is 14.2 Å². The second-order valence-corrected chi connectivity index (χ2v) is 11.4. The van der Waals surface area contributed by atoms with Crippen molar-refractivity contribution in [2.75, 3.05) is 53.6 Å². The van der Waals surface area contributed by atoms with Gasteiger partial charge in [-0.05, 0) is 86.2 Å². The molecule has 0 bridgehead atoms. The molecule has 2 aromatic rings. The molecule has 1 fully saturated rings. The minimum Gasteiger partial charge on any atom is -0.493 e. The maximum absolute atomic E-state index is 13.2. The van der Waals surface area contributed by atoms with E-state index in [0.29, 0.717) is 18.6 Å². The number of hydrogen-bond donors (Lipinski definition) is 0. The fourth-order valence-corrected chi connectivity index (χ4v) is 6.24. The zero-order chi connectivity index (χ0) is 27.5. The zero-order valence-electron chi connectivity index (χ0n) is 24.4. The van der Waals surface area contributed by atoms with Gasteiger partial charge in [-0.15, -0.1) is 0 Å². The monoisotopic (exact) mass is 536 g/mol. The van der Waals surface area contributed by atoms with Crippen LogP contribution < -0.4 is 14.2 Å². The van der Waals surface area contributed by atoms with Gasteiger partial charge in [0.15, 0.2) is 11.5 Å². The van der Waals surface area contributed by atoms with Crippen LogP contribution in [0.5, 0.6) is 17.2 Å². The molecule has 2 aliphatic heterocycles. The summed E-state index contributed by atoms with van der Waals surface area (Å²) in [6.45, 7) is 7.94. The molecule has 2 aliphatic rings. The van der Waals surface area contributed by atoms with Crippen LogP contribution >= 0.6 is 0 Å². The molecule has 0 saturated carbocycles. The van der Waals surface area contributed by atoms with Gasteiger partial charge in [-0.2, -0.15) is 0 Å². The van der Waals surface area contributed by atoms with Crippen LogP contribution in [0.3, 0.4) is 0 Å². The van der Waals surface area contributed by atoms with Crippen LogP contribution in [0.15, 0.2) is 42.5 Å². The summed E-state index contributed by atoms with van der Waals surface area (Å²) in [7, 11) is 3.29. The van der Waals surface area contributed by atoms with Crippen LogP contribution in [0.4, 0.5) is 0 Å². The molecule has 0 aromatic heterocycles. The minimum absolute atomic E-state index is 0.264. The molecule has 4 rings (SSSR count). The first-order valence-corrected chi connectivity index (χ1v) is 15.0. The Kier molecular flexibility index (Phi) is 11.0. The van der Waals surface area contributed by atoms with E-state index in [9.17, 15) is 4.79 Å². The SMILES string of the molecule is CCCCN1CCOc2ccccc2CCCCC2(CCN(C(=O)CCc3ccc(OC)c(OC)c3)CC2)C1. The molecule has 214 valence electrons. The number of hydrogen-bond acceptors (Lipinski definition) is 5. The van der Waals surface area contributed by atoms with Gasteiger partial charge in [-0.3, -0.25) is 9.69 Å². The van der Waals surface area contributed by atoms with Crippen molar-refractivity contribution in [3.05, 3.63) is 53.6 Å². The number of methoxy groups -OCH3 is 2. The van der Waals surface area contributed by atoms with E-state index in [-0.39, 0.29) is 11.3 Å². The third-order valence-corrected chi connectivity index (χ3v) is 8.68. The average molecular weight is 537 g/mol. The molecule has 39 heavy (non-hydrogen) atoms. The van der Waals surface area contributed by atoms with Crippen LogP contribution in [0.2, 0.25) is 0 Å². The Morgan fingerprint density at radius 2 is 1.77 bits per heavy atom. The standard InChI is InChI=1S/C33H48N2O4/c1-4-5-20-34-23-24-39-29-12-7-6-10-28(29)11-8-9-17-33(26-34)18-21-35(22-19-33)32(36)16-14-27-13-15-30(37-2)31(25-27)38-3/h6-7,10,12-13,15,25H,4-5,8-9,11,14,16-24,26H2,1-3H3. The van der Waals surface area contributed by atoms with Crippen molar-refractivity contribution in [1.82, 2.24) is 9.80 Å². The fourth-order valence-electron chi connectivity index (χ4n) is 6.24. The van der Waals surface area contributed by atoms with E-state index in [1.807, 2.05) is 18.2 Å². The third kappa shape index (κ3) is 8.14. The van der Waals surface area contributed by atoms with E-state index in [1.165, 1.54) is 37.7 Å². The third-order valence-electron chi connectivity index (χ3n) is 8.68. The van der Waals surface area contributed by atoms with Gasteiger partial charge in [0, 0.05) is 32.6 Å². The summed E-state index contributed by atoms with van der Waals surface area (Å²) >= 11 is 0. The van der Waals surface area contributed by atoms with E-state index >= 15 is 0 Å². The second-order valence-electron chi connectivity index (χ2n) is 11.4. The Morgan fingerprint density at radius 1 is 0.974 bits per heavy atom. The number of benzene rings is 2. The number of likely N-dealkylation sites (tertiary alicyclic amines) is 1. The molecule has 1 spiro atoms. The van der Waals surface area contributed by atoms with Crippen molar-refractivity contribution in [2.24, 2.45) is 5.41 Å². The number of nitrogens with zero attached hydrogens (tertiary/aromatic N) is 2. The van der Waals surface area contributed by atoms with Crippen LogP contribution in [0.25, 0.3) is 0 Å². The van der Waals surface area contributed by atoms with Gasteiger partial charge in [0.05, 0.1) is 14.2 Å². The van der Waals surface area contributed by atoms with Gasteiger partial charge in [-0.1, -0.05) is 44.0 Å². The molecule has 0 unspecified atom stereocenters. The smallest absolute Gasteiger partial charge is 0.222 e. The zero-order valence-corrected chi connectivity index (χ0v) is 24.4. The quantitative estimate of drug-likeness (QED) is 0.405. The van der Waals surface area contributed by atoms with Crippen molar-refractivity contribution < 1.29 is 19.0 Å². The normalized spacial score (nSPS) is 18.4. The Labute approximate surface area is 235 Å². The number of carbonyl (C=O) groups is 1. The lowest BCUT2D eigenvalue weighted by Gasteiger charge is -2.45. The Bertz CT molecular complexity index is 1050. The van der Waals surface area contributed by atoms with Crippen LogP contribution in [0, 0.1) is 5.41 Å². The molecular weight excluding hydrogens is 488 g/mol. The Hall–Kier alpha value is -2.73. The van der Waals surface area contributed by atoms with Gasteiger partial charge < -0.3 is 19.1 Å². The summed E-state index contributed by atoms with van der Waals surface area (Å²) in [6, 6.07) is 14.5. The van der Waals surface area contributed by atoms with Crippen LogP contribution in [0.1, 0.15) is 69.4 Å². The van der Waals surface area contributed by atoms with Gasteiger partial charge in [0.1, 0.15) is 12.4 Å². The summed E-state index contributed by atoms with van der Waals surface area (Å²) in [5, 5.41) is 0. The van der Waals surface area contributed by atoms with Crippen molar-refractivity contribution >= 4 is 5.91 Å². The summed E-state index contributed by atoms with van der Waals surface area (Å²) < 4.78 is 17.1. The average Bonchev–Trinajstić information content (AvgIpc) is 2.97. The highest BCUT2D eigenvalue weighted by atomic mass is 16.5. The largest absolute Gasteiger partial charge is 0.493 e. The minimum atomic E-state index is 0.264. The van der Waals surface area contributed by atoms with Crippen LogP contribution in [-0.2, 0) is 17.6 Å². The van der Waals surface area contributed by atoms with Gasteiger partial charge in [0.25, 0.3) is 0 Å². The summed E-state index contributed by atoms with van der Waals surface area (Å²) in [6.07, 6.45) is 10.6. The van der Waals surface area contributed by atoms with Gasteiger partial charge in [0.2, 0.25) is 5.91 Å². The number of para-hydroxylation sites is 1. The highest BCUT2D eigenvalue weighted by molar-refractivity contribution is 5.76. The number of rotatable bonds is 8. The molecule has 0 aliphatic carbocycles. The Morgan fingerprint density at radius 3 is 2.54 bits per heavy atom. The first kappa shape index (κ1) is 29.3. The first-order chi connectivity index (χ1) is 19.1. The van der Waals surface area contributed by atoms with Crippen molar-refractivity contribution in [3.8, 4) is 17.2 Å². The molecular formula is C33H48N2O4. The lowest BCUT2D eigenvalue weighted by atomic mass is 9.73. The Balaban J connectivity index is 1.36. The van der Waals surface area contributed by atoms with E-state index < -0.39 is 0 Å². The van der Waals surface area contributed by atoms with Crippen LogP contribution in [-0.4, -0.2) is 69.3 Å². The number of unbranched alkanes of at least 4 members (excludes halogenated alkanes) is 1. The van der Waals surface area contributed by atoms with E-state index in [0.717, 1.165) is 75.7 Å². The number of aryl methyl sites for hydroxylation is 2. The molecule has 6 nitrogen and oxygen atoms in total. The number of amides is 1. The molecule has 2 heterocycles. The lowest BCUT2D eigenvalue weighted by Crippen LogP contribution is -2.49. The molecule has 6 heteroatoms. The predicted octanol–water partition coefficient (Wildman–Crippen LogP) is 6.15. The predicted molar refractivity (Wildman–Crippen MR) is 157 cm³/mol. The molecule has 0 atom stereocenters. The highest BCUT2D eigenvalue weighted by Crippen LogP contribution is 2.39. The maximum Gasteiger partial charge on any atom is 0.222 e. The summed E-state index contributed by atoms with van der Waals surface area (Å²) in [5.74, 6) is 2.75. The fraction of sp³-hybridized carbons (Fsp3) is 0.606. The number of carbonyl (C=O) groups excluding carboxylic acids is 1. The number of ether oxygens (including phenoxy) is 3. The van der Waals surface area contributed by atoms with Crippen molar-refractivity contribution in [2.45, 2.75) is 71.1 Å².